The van der Waals surface area contributed by atoms with Gasteiger partial charge in [-0.1, -0.05) is 103 Å². The Morgan fingerprint density at radius 3 is 2.41 bits per heavy atom. The van der Waals surface area contributed by atoms with Crippen molar-refractivity contribution in [2.45, 2.75) is 64.6 Å². The molecule has 5 aromatic rings. The highest BCUT2D eigenvalue weighted by Crippen LogP contribution is 2.37. The van der Waals surface area contributed by atoms with Gasteiger partial charge in [0.05, 0.1) is 0 Å². The van der Waals surface area contributed by atoms with Crippen molar-refractivity contribution < 1.29 is 4.42 Å². The van der Waals surface area contributed by atoms with Gasteiger partial charge >= 0.3 is 0 Å². The molecule has 0 aliphatic heterocycles. The maximum absolute atomic E-state index is 7.53. The van der Waals surface area contributed by atoms with Crippen molar-refractivity contribution in [3.8, 4) is 11.1 Å². The fraction of sp³-hybridized carbons (Fsp3) is 0.222. The number of hydrogen-bond donors (Lipinski definition) is 3. The fourth-order valence-electron chi connectivity index (χ4n) is 7.59. The average molecular weight is 642 g/mol. The molecule has 4 N–H and O–H groups in total. The molecule has 4 aromatic carbocycles. The summed E-state index contributed by atoms with van der Waals surface area (Å²) in [5.74, 6) is 1.05. The van der Waals surface area contributed by atoms with E-state index >= 15 is 0 Å². The van der Waals surface area contributed by atoms with Gasteiger partial charge in [-0.2, -0.15) is 0 Å². The summed E-state index contributed by atoms with van der Waals surface area (Å²) in [6, 6.07) is 32.4. The Balaban J connectivity index is 1.13. The zero-order chi connectivity index (χ0) is 33.5. The SMILES string of the molecule is CC1=C(c2ccc(C(N)(NNC(C)C3=C=C(c4cccc(-c5ccccc5)c4)CC3)c3ccc4oc5c(c4c3)C=CCC5)cc2C)C=CC1. The van der Waals surface area contributed by atoms with Gasteiger partial charge in [-0.15, -0.1) is 5.73 Å². The smallest absolute Gasteiger partial charge is 0.134 e. The molecular weight excluding hydrogens is 599 g/mol. The van der Waals surface area contributed by atoms with E-state index in [1.54, 1.807) is 0 Å². The van der Waals surface area contributed by atoms with Gasteiger partial charge in [-0.25, -0.2) is 10.9 Å². The van der Waals surface area contributed by atoms with Crippen molar-refractivity contribution >= 4 is 28.2 Å². The first kappa shape index (κ1) is 31.3. The first-order valence-corrected chi connectivity index (χ1v) is 17.5. The van der Waals surface area contributed by atoms with Gasteiger partial charge in [0.2, 0.25) is 0 Å². The molecule has 0 saturated carbocycles. The predicted octanol–water partition coefficient (Wildman–Crippen LogP) is 10.1. The van der Waals surface area contributed by atoms with Crippen molar-refractivity contribution in [1.82, 2.24) is 10.9 Å². The summed E-state index contributed by atoms with van der Waals surface area (Å²) in [7, 11) is 0. The molecule has 1 heterocycles. The predicted molar refractivity (Wildman–Crippen MR) is 203 cm³/mol. The summed E-state index contributed by atoms with van der Waals surface area (Å²) in [5.41, 5.74) is 32.9. The van der Waals surface area contributed by atoms with E-state index in [1.807, 2.05) is 0 Å². The molecule has 0 saturated heterocycles. The number of furan rings is 1. The van der Waals surface area contributed by atoms with E-state index in [0.717, 1.165) is 60.0 Å². The Bertz CT molecular complexity index is 2240. The number of aryl methyl sites for hydroxylation is 2. The molecule has 2 atom stereocenters. The summed E-state index contributed by atoms with van der Waals surface area (Å²) in [6.45, 7) is 6.59. The number of nitrogens with two attached hydrogens (primary N) is 1. The van der Waals surface area contributed by atoms with E-state index in [2.05, 4.69) is 153 Å². The van der Waals surface area contributed by atoms with E-state index < -0.39 is 5.66 Å². The third-order valence-electron chi connectivity index (χ3n) is 10.5. The van der Waals surface area contributed by atoms with Gasteiger partial charge in [0.1, 0.15) is 17.0 Å². The summed E-state index contributed by atoms with van der Waals surface area (Å²) in [4.78, 5) is 0. The standard InChI is InChI=1S/C45H43N3O/c1-29-11-9-17-39(29)40-23-21-37(25-30(40)2)45(46,38-22-24-44-42(28-38)41-16-7-8-18-43(41)49-44)48-47-31(3)33-19-20-36(26-33)35-15-10-14-34(27-35)32-12-5-4-6-13-32/h4-7,9-10,12-17,21-25,27-28,31,47-48H,8,11,18-20,46H2,1-3H3. The topological polar surface area (TPSA) is 63.2 Å². The Kier molecular flexibility index (Phi) is 8.19. The lowest BCUT2D eigenvalue weighted by atomic mass is 9.87. The maximum atomic E-state index is 7.53. The van der Waals surface area contributed by atoms with Crippen molar-refractivity contribution in [3.05, 3.63) is 165 Å². The van der Waals surface area contributed by atoms with Gasteiger partial charge < -0.3 is 10.2 Å². The number of allylic oxidation sites excluding steroid dienone is 5. The molecule has 2 unspecified atom stereocenters. The quantitative estimate of drug-likeness (QED) is 0.0852. The van der Waals surface area contributed by atoms with Gasteiger partial charge in [0.25, 0.3) is 0 Å². The highest BCUT2D eigenvalue weighted by molar-refractivity contribution is 5.90. The maximum Gasteiger partial charge on any atom is 0.134 e. The van der Waals surface area contributed by atoms with Gasteiger partial charge in [-0.05, 0) is 115 Å². The molecule has 49 heavy (non-hydrogen) atoms. The van der Waals surface area contributed by atoms with Crippen molar-refractivity contribution in [3.63, 3.8) is 0 Å². The van der Waals surface area contributed by atoms with Crippen molar-refractivity contribution in [1.29, 1.82) is 0 Å². The second-order valence-electron chi connectivity index (χ2n) is 13.8. The summed E-state index contributed by atoms with van der Waals surface area (Å²) >= 11 is 0. The van der Waals surface area contributed by atoms with Crippen LogP contribution in [0, 0.1) is 6.92 Å². The fourth-order valence-corrected chi connectivity index (χ4v) is 7.59. The molecule has 3 aliphatic carbocycles. The van der Waals surface area contributed by atoms with Gasteiger partial charge in [0.15, 0.2) is 0 Å². The monoisotopic (exact) mass is 641 g/mol. The van der Waals surface area contributed by atoms with Crippen LogP contribution < -0.4 is 16.6 Å². The number of benzene rings is 4. The van der Waals surface area contributed by atoms with Crippen LogP contribution in [0.1, 0.15) is 78.7 Å². The third kappa shape index (κ3) is 5.88. The molecule has 1 aromatic heterocycles. The van der Waals surface area contributed by atoms with Crippen LogP contribution in [0.3, 0.4) is 0 Å². The van der Waals surface area contributed by atoms with E-state index in [4.69, 9.17) is 10.2 Å². The second kappa shape index (κ2) is 12.8. The Morgan fingerprint density at radius 1 is 0.796 bits per heavy atom. The van der Waals surface area contributed by atoms with E-state index in [-0.39, 0.29) is 6.04 Å². The number of fused-ring (bicyclic) bond motifs is 3. The van der Waals surface area contributed by atoms with E-state index in [1.165, 1.54) is 55.7 Å². The van der Waals surface area contributed by atoms with E-state index in [9.17, 15) is 0 Å². The molecule has 0 fully saturated rings. The number of hydrogen-bond acceptors (Lipinski definition) is 4. The van der Waals surface area contributed by atoms with Gasteiger partial charge in [0, 0.05) is 29.0 Å². The molecule has 3 aliphatic rings. The van der Waals surface area contributed by atoms with Crippen LogP contribution in [0.4, 0.5) is 0 Å². The normalized spacial score (nSPS) is 17.3. The van der Waals surface area contributed by atoms with E-state index in [0.29, 0.717) is 0 Å². The lowest BCUT2D eigenvalue weighted by Crippen LogP contribution is -2.59. The van der Waals surface area contributed by atoms with Crippen LogP contribution in [0.25, 0.3) is 39.3 Å². The van der Waals surface area contributed by atoms with Crippen LogP contribution in [0.2, 0.25) is 0 Å². The average Bonchev–Trinajstić information content (AvgIpc) is 3.89. The van der Waals surface area contributed by atoms with Crippen LogP contribution in [-0.2, 0) is 12.1 Å². The number of hydrazine groups is 1. The Labute approximate surface area is 289 Å². The minimum Gasteiger partial charge on any atom is -0.460 e. The summed E-state index contributed by atoms with van der Waals surface area (Å²) in [5, 5.41) is 1.10. The Morgan fingerprint density at radius 2 is 1.59 bits per heavy atom. The first-order chi connectivity index (χ1) is 23.9. The molecule has 4 nitrogen and oxygen atoms in total. The van der Waals surface area contributed by atoms with Crippen LogP contribution in [-0.4, -0.2) is 6.04 Å². The van der Waals surface area contributed by atoms with Crippen LogP contribution in [0.15, 0.2) is 131 Å². The second-order valence-corrected chi connectivity index (χ2v) is 13.8. The zero-order valence-electron chi connectivity index (χ0n) is 28.6. The lowest BCUT2D eigenvalue weighted by Gasteiger charge is -2.34. The van der Waals surface area contributed by atoms with Gasteiger partial charge in [-0.3, -0.25) is 0 Å². The molecule has 244 valence electrons. The molecule has 0 spiro atoms. The minimum absolute atomic E-state index is 0.0166. The summed E-state index contributed by atoms with van der Waals surface area (Å²) < 4.78 is 6.26. The molecule has 8 rings (SSSR count). The molecular formula is C45H43N3O. The Hall–Kier alpha value is -4.96. The lowest BCUT2D eigenvalue weighted by molar-refractivity contribution is 0.328. The first-order valence-electron chi connectivity index (χ1n) is 17.5. The highest BCUT2D eigenvalue weighted by Gasteiger charge is 2.32. The van der Waals surface area contributed by atoms with Crippen LogP contribution >= 0.6 is 0 Å². The molecule has 4 heteroatoms. The highest BCUT2D eigenvalue weighted by atomic mass is 16.3. The molecule has 0 amide bonds. The molecule has 0 radical (unpaired) electrons. The molecule has 0 bridgehead atoms. The largest absolute Gasteiger partial charge is 0.460 e. The number of rotatable bonds is 9. The summed E-state index contributed by atoms with van der Waals surface area (Å²) in [6.07, 6.45) is 13.8. The van der Waals surface area contributed by atoms with Crippen molar-refractivity contribution in [2.24, 2.45) is 5.73 Å². The number of nitrogens with one attached hydrogen (secondary N) is 2. The minimum atomic E-state index is -1.01. The van der Waals surface area contributed by atoms with Crippen molar-refractivity contribution in [2.75, 3.05) is 0 Å². The zero-order valence-corrected chi connectivity index (χ0v) is 28.6. The third-order valence-corrected chi connectivity index (χ3v) is 10.5. The van der Waals surface area contributed by atoms with Crippen LogP contribution in [0.5, 0.6) is 0 Å².